The zero-order valence-corrected chi connectivity index (χ0v) is 17.7. The SMILES string of the molecule is Cc1c(Cc2ccccc2Cl)c(NC2CCCC2)n2c(nc3ccccc32)c1C#N. The number of pyridine rings is 1. The molecule has 4 aromatic rings. The van der Waals surface area contributed by atoms with Gasteiger partial charge < -0.3 is 5.32 Å². The molecule has 0 unspecified atom stereocenters. The molecule has 5 heteroatoms. The van der Waals surface area contributed by atoms with E-state index in [1.54, 1.807) is 0 Å². The maximum absolute atomic E-state index is 10.0. The van der Waals surface area contributed by atoms with E-state index in [4.69, 9.17) is 16.6 Å². The molecule has 5 rings (SSSR count). The molecule has 2 heterocycles. The molecule has 1 aliphatic carbocycles. The topological polar surface area (TPSA) is 53.1 Å². The molecular weight excluding hydrogens is 392 g/mol. The largest absolute Gasteiger partial charge is 0.368 e. The molecule has 150 valence electrons. The lowest BCUT2D eigenvalue weighted by atomic mass is 9.97. The molecule has 2 aromatic carbocycles. The number of nitrogens with one attached hydrogen (secondary N) is 1. The van der Waals surface area contributed by atoms with Crippen LogP contribution >= 0.6 is 11.6 Å². The first-order chi connectivity index (χ1) is 14.7. The van der Waals surface area contributed by atoms with Gasteiger partial charge in [-0.25, -0.2) is 4.98 Å². The molecule has 4 nitrogen and oxygen atoms in total. The lowest BCUT2D eigenvalue weighted by Crippen LogP contribution is -2.20. The summed E-state index contributed by atoms with van der Waals surface area (Å²) in [6.07, 6.45) is 5.50. The van der Waals surface area contributed by atoms with Crippen LogP contribution in [0.5, 0.6) is 0 Å². The minimum Gasteiger partial charge on any atom is -0.368 e. The van der Waals surface area contributed by atoms with Crippen molar-refractivity contribution in [3.05, 3.63) is 75.8 Å². The molecule has 0 saturated heterocycles. The van der Waals surface area contributed by atoms with Gasteiger partial charge in [0.25, 0.3) is 0 Å². The summed E-state index contributed by atoms with van der Waals surface area (Å²) < 4.78 is 2.14. The molecule has 1 N–H and O–H groups in total. The molecule has 0 aliphatic heterocycles. The Morgan fingerprint density at radius 1 is 1.13 bits per heavy atom. The maximum atomic E-state index is 10.0. The molecule has 0 atom stereocenters. The number of nitriles is 1. The van der Waals surface area contributed by atoms with Gasteiger partial charge in [-0.05, 0) is 49.1 Å². The zero-order valence-electron chi connectivity index (χ0n) is 17.0. The highest BCUT2D eigenvalue weighted by Gasteiger charge is 2.24. The van der Waals surface area contributed by atoms with Gasteiger partial charge in [-0.3, -0.25) is 4.40 Å². The lowest BCUT2D eigenvalue weighted by molar-refractivity contribution is 0.746. The second kappa shape index (κ2) is 7.66. The van der Waals surface area contributed by atoms with Crippen LogP contribution in [0, 0.1) is 18.3 Å². The second-order valence-electron chi connectivity index (χ2n) is 8.09. The molecule has 0 radical (unpaired) electrons. The molecule has 2 aromatic heterocycles. The smallest absolute Gasteiger partial charge is 0.157 e. The number of imidazole rings is 1. The van der Waals surface area contributed by atoms with Crippen LogP contribution in [-0.4, -0.2) is 15.4 Å². The van der Waals surface area contributed by atoms with Gasteiger partial charge in [-0.15, -0.1) is 0 Å². The van der Waals surface area contributed by atoms with Gasteiger partial charge in [0.1, 0.15) is 11.9 Å². The van der Waals surface area contributed by atoms with Crippen LogP contribution in [-0.2, 0) is 6.42 Å². The van der Waals surface area contributed by atoms with E-state index in [0.717, 1.165) is 44.2 Å². The molecule has 30 heavy (non-hydrogen) atoms. The van der Waals surface area contributed by atoms with Gasteiger partial charge in [0.2, 0.25) is 0 Å². The van der Waals surface area contributed by atoms with Crippen molar-refractivity contribution in [3.63, 3.8) is 0 Å². The Balaban J connectivity index is 1.82. The Morgan fingerprint density at radius 3 is 2.63 bits per heavy atom. The van der Waals surface area contributed by atoms with E-state index in [9.17, 15) is 5.26 Å². The van der Waals surface area contributed by atoms with E-state index in [-0.39, 0.29) is 0 Å². The Morgan fingerprint density at radius 2 is 1.87 bits per heavy atom. The molecule has 0 amide bonds. The maximum Gasteiger partial charge on any atom is 0.157 e. The van der Waals surface area contributed by atoms with Gasteiger partial charge in [0.05, 0.1) is 16.6 Å². The number of hydrogen-bond acceptors (Lipinski definition) is 3. The van der Waals surface area contributed by atoms with E-state index in [0.29, 0.717) is 18.0 Å². The second-order valence-corrected chi connectivity index (χ2v) is 8.50. The van der Waals surface area contributed by atoms with E-state index >= 15 is 0 Å². The average molecular weight is 415 g/mol. The fourth-order valence-corrected chi connectivity index (χ4v) is 4.85. The summed E-state index contributed by atoms with van der Waals surface area (Å²) >= 11 is 6.51. The van der Waals surface area contributed by atoms with Gasteiger partial charge >= 0.3 is 0 Å². The van der Waals surface area contributed by atoms with Crippen LogP contribution in [0.3, 0.4) is 0 Å². The molecule has 1 fully saturated rings. The Hall–Kier alpha value is -3.03. The van der Waals surface area contributed by atoms with Gasteiger partial charge in [-0.2, -0.15) is 5.26 Å². The van der Waals surface area contributed by atoms with Crippen LogP contribution in [0.2, 0.25) is 5.02 Å². The van der Waals surface area contributed by atoms with Gasteiger partial charge in [0, 0.05) is 23.0 Å². The normalized spacial score (nSPS) is 14.4. The van der Waals surface area contributed by atoms with Crippen molar-refractivity contribution >= 4 is 34.1 Å². The summed E-state index contributed by atoms with van der Waals surface area (Å²) in [7, 11) is 0. The number of halogens is 1. The third-order valence-corrected chi connectivity index (χ3v) is 6.62. The van der Waals surface area contributed by atoms with Crippen molar-refractivity contribution < 1.29 is 0 Å². The third-order valence-electron chi connectivity index (χ3n) is 6.25. The molecule has 0 bridgehead atoms. The highest BCUT2D eigenvalue weighted by atomic mass is 35.5. The van der Waals surface area contributed by atoms with Crippen LogP contribution in [0.25, 0.3) is 16.7 Å². The van der Waals surface area contributed by atoms with E-state index in [1.165, 1.54) is 25.7 Å². The number of hydrogen-bond donors (Lipinski definition) is 1. The number of aromatic nitrogens is 2. The predicted molar refractivity (Wildman–Crippen MR) is 122 cm³/mol. The molecular formula is C25H23ClN4. The standard InChI is InChI=1S/C25H23ClN4/c1-16-19(14-17-8-2-5-11-21(17)26)24(28-18-9-3-4-10-18)30-23-13-7-6-12-22(23)29-25(30)20(16)15-27/h2,5-8,11-13,18,28H,3-4,9-10,14H2,1H3. The van der Waals surface area contributed by atoms with Crippen molar-refractivity contribution in [1.29, 1.82) is 5.26 Å². The molecule has 1 aliphatic rings. The third kappa shape index (κ3) is 3.11. The first kappa shape index (κ1) is 19.0. The fourth-order valence-electron chi connectivity index (χ4n) is 4.65. The number of anilines is 1. The Labute approximate surface area is 181 Å². The van der Waals surface area contributed by atoms with E-state index < -0.39 is 0 Å². The molecule has 1 saturated carbocycles. The van der Waals surface area contributed by atoms with Crippen LogP contribution in [0.4, 0.5) is 5.82 Å². The summed E-state index contributed by atoms with van der Waals surface area (Å²) in [5.74, 6) is 1.04. The molecule has 0 spiro atoms. The first-order valence-corrected chi connectivity index (χ1v) is 10.9. The van der Waals surface area contributed by atoms with E-state index in [2.05, 4.69) is 27.9 Å². The quantitative estimate of drug-likeness (QED) is 0.428. The van der Waals surface area contributed by atoms with Crippen LogP contribution < -0.4 is 5.32 Å². The van der Waals surface area contributed by atoms with E-state index in [1.807, 2.05) is 43.3 Å². The van der Waals surface area contributed by atoms with Gasteiger partial charge in [-0.1, -0.05) is 54.8 Å². The van der Waals surface area contributed by atoms with Crippen molar-refractivity contribution in [2.24, 2.45) is 0 Å². The number of rotatable bonds is 4. The Bertz CT molecular complexity index is 1290. The highest BCUT2D eigenvalue weighted by Crippen LogP contribution is 2.35. The zero-order chi connectivity index (χ0) is 20.7. The fraction of sp³-hybridized carbons (Fsp3) is 0.280. The first-order valence-electron chi connectivity index (χ1n) is 10.5. The summed E-state index contributed by atoms with van der Waals surface area (Å²) in [6.45, 7) is 2.03. The summed E-state index contributed by atoms with van der Waals surface area (Å²) in [4.78, 5) is 4.82. The Kier molecular flexibility index (Phi) is 4.84. The van der Waals surface area contributed by atoms with Crippen LogP contribution in [0.15, 0.2) is 48.5 Å². The monoisotopic (exact) mass is 414 g/mol. The number of para-hydroxylation sites is 2. The number of nitrogens with zero attached hydrogens (tertiary/aromatic N) is 3. The van der Waals surface area contributed by atoms with Gasteiger partial charge in [0.15, 0.2) is 5.65 Å². The highest BCUT2D eigenvalue weighted by molar-refractivity contribution is 6.31. The number of fused-ring (bicyclic) bond motifs is 3. The summed E-state index contributed by atoms with van der Waals surface area (Å²) in [5.41, 5.74) is 6.42. The summed E-state index contributed by atoms with van der Waals surface area (Å²) in [5, 5.41) is 14.6. The minimum atomic E-state index is 0.437. The van der Waals surface area contributed by atoms with Crippen molar-refractivity contribution in [1.82, 2.24) is 9.38 Å². The summed E-state index contributed by atoms with van der Waals surface area (Å²) in [6, 6.07) is 18.9. The van der Waals surface area contributed by atoms with Crippen molar-refractivity contribution in [2.75, 3.05) is 5.32 Å². The van der Waals surface area contributed by atoms with Crippen molar-refractivity contribution in [2.45, 2.75) is 45.1 Å². The van der Waals surface area contributed by atoms with Crippen LogP contribution in [0.1, 0.15) is 47.9 Å². The predicted octanol–water partition coefficient (Wildman–Crippen LogP) is 6.27. The van der Waals surface area contributed by atoms with Crippen molar-refractivity contribution in [3.8, 4) is 6.07 Å². The number of benzene rings is 2. The average Bonchev–Trinajstić information content (AvgIpc) is 3.39. The minimum absolute atomic E-state index is 0.437. The lowest BCUT2D eigenvalue weighted by Gasteiger charge is -2.22.